The quantitative estimate of drug-likeness (QED) is 0.286. The molecule has 0 aliphatic heterocycles. The maximum atomic E-state index is 14.8. The smallest absolute Gasteiger partial charge is 0.142 e. The van der Waals surface area contributed by atoms with Gasteiger partial charge in [-0.2, -0.15) is 0 Å². The molecule has 0 nitrogen and oxygen atoms in total. The molecule has 3 rings (SSSR count). The topological polar surface area (TPSA) is 0 Å². The van der Waals surface area contributed by atoms with E-state index in [2.05, 4.69) is 25.7 Å². The molecule has 0 atom stereocenters. The van der Waals surface area contributed by atoms with Crippen molar-refractivity contribution in [3.63, 3.8) is 0 Å². The number of hydrogen-bond acceptors (Lipinski definition) is 0. The van der Waals surface area contributed by atoms with Gasteiger partial charge in [0.05, 0.1) is 5.56 Å². The van der Waals surface area contributed by atoms with E-state index < -0.39 is 11.6 Å². The summed E-state index contributed by atoms with van der Waals surface area (Å²) in [4.78, 5) is 0. The molecule has 2 aliphatic rings. The third-order valence-corrected chi connectivity index (χ3v) is 7.81. The van der Waals surface area contributed by atoms with Gasteiger partial charge in [-0.05, 0) is 86.8 Å². The van der Waals surface area contributed by atoms with Crippen molar-refractivity contribution in [2.45, 2.75) is 116 Å². The molecule has 172 valence electrons. The van der Waals surface area contributed by atoms with E-state index in [1.54, 1.807) is 12.1 Å². The van der Waals surface area contributed by atoms with Crippen LogP contribution in [0.4, 0.5) is 8.78 Å². The minimum absolute atomic E-state index is 0.0230. The number of benzene rings is 1. The van der Waals surface area contributed by atoms with Crippen LogP contribution in [-0.2, 0) is 0 Å². The van der Waals surface area contributed by atoms with E-state index >= 15 is 0 Å². The van der Waals surface area contributed by atoms with Gasteiger partial charge in [-0.1, -0.05) is 70.6 Å². The largest absolute Gasteiger partial charge is 0.206 e. The molecule has 0 unspecified atom stereocenters. The lowest BCUT2D eigenvalue weighted by atomic mass is 9.77. The van der Waals surface area contributed by atoms with Crippen LogP contribution in [0.3, 0.4) is 0 Å². The van der Waals surface area contributed by atoms with Gasteiger partial charge in [-0.25, -0.2) is 8.78 Å². The fourth-order valence-electron chi connectivity index (χ4n) is 5.68. The van der Waals surface area contributed by atoms with E-state index in [1.807, 2.05) is 0 Å². The van der Waals surface area contributed by atoms with Crippen LogP contribution in [0.2, 0.25) is 0 Å². The zero-order chi connectivity index (χ0) is 22.1. The van der Waals surface area contributed by atoms with E-state index in [1.165, 1.54) is 70.6 Å². The first kappa shape index (κ1) is 24.3. The molecule has 31 heavy (non-hydrogen) atoms. The minimum atomic E-state index is -0.468. The maximum Gasteiger partial charge on any atom is 0.142 e. The average Bonchev–Trinajstić information content (AvgIpc) is 2.78. The molecular weight excluding hydrogens is 386 g/mol. The molecule has 2 saturated carbocycles. The Morgan fingerprint density at radius 2 is 1.29 bits per heavy atom. The summed E-state index contributed by atoms with van der Waals surface area (Å²) in [6.45, 7) is 4.48. The molecule has 2 fully saturated rings. The monoisotopic (exact) mass is 428 g/mol. The van der Waals surface area contributed by atoms with Crippen LogP contribution in [-0.4, -0.2) is 0 Å². The van der Waals surface area contributed by atoms with Gasteiger partial charge in [-0.15, -0.1) is 0 Å². The van der Waals surface area contributed by atoms with Crippen molar-refractivity contribution >= 4 is 0 Å². The van der Waals surface area contributed by atoms with Crippen molar-refractivity contribution in [2.24, 2.45) is 17.8 Å². The van der Waals surface area contributed by atoms with Gasteiger partial charge in [-0.3, -0.25) is 0 Å². The number of rotatable bonds is 8. The van der Waals surface area contributed by atoms with Crippen LogP contribution >= 0.6 is 0 Å². The van der Waals surface area contributed by atoms with Crippen LogP contribution in [0.15, 0.2) is 12.1 Å². The molecule has 0 amide bonds. The molecule has 0 saturated heterocycles. The first-order valence-corrected chi connectivity index (χ1v) is 13.1. The minimum Gasteiger partial charge on any atom is -0.206 e. The molecule has 0 aromatic heterocycles. The molecule has 0 bridgehead atoms. The summed E-state index contributed by atoms with van der Waals surface area (Å²) in [5.41, 5.74) is 0.814. The van der Waals surface area contributed by atoms with Gasteiger partial charge in [0.15, 0.2) is 0 Å². The Kier molecular flexibility index (Phi) is 9.89. The molecule has 0 heterocycles. The van der Waals surface area contributed by atoms with Crippen LogP contribution in [0.5, 0.6) is 0 Å². The van der Waals surface area contributed by atoms with Crippen molar-refractivity contribution in [3.8, 4) is 11.8 Å². The molecule has 0 N–H and O–H groups in total. The van der Waals surface area contributed by atoms with Gasteiger partial charge >= 0.3 is 0 Å². The first-order chi connectivity index (χ1) is 15.1. The van der Waals surface area contributed by atoms with Crippen molar-refractivity contribution in [1.29, 1.82) is 0 Å². The van der Waals surface area contributed by atoms with Crippen LogP contribution in [0.25, 0.3) is 0 Å². The molecule has 1 aromatic carbocycles. The summed E-state index contributed by atoms with van der Waals surface area (Å²) < 4.78 is 29.5. The fourth-order valence-corrected chi connectivity index (χ4v) is 5.68. The van der Waals surface area contributed by atoms with Crippen LogP contribution in [0.1, 0.15) is 127 Å². The van der Waals surface area contributed by atoms with Crippen LogP contribution in [0, 0.1) is 41.2 Å². The van der Waals surface area contributed by atoms with Crippen molar-refractivity contribution in [2.75, 3.05) is 0 Å². The highest BCUT2D eigenvalue weighted by Crippen LogP contribution is 2.38. The lowest BCUT2D eigenvalue weighted by Gasteiger charge is -2.29. The second kappa shape index (κ2) is 12.6. The maximum absolute atomic E-state index is 14.8. The Morgan fingerprint density at radius 1 is 0.742 bits per heavy atom. The highest BCUT2D eigenvalue weighted by Gasteiger charge is 2.24. The third-order valence-electron chi connectivity index (χ3n) is 7.81. The molecule has 2 heteroatoms. The van der Waals surface area contributed by atoms with Crippen molar-refractivity contribution in [3.05, 3.63) is 34.9 Å². The van der Waals surface area contributed by atoms with E-state index in [0.717, 1.165) is 43.1 Å². The van der Waals surface area contributed by atoms with Crippen LogP contribution < -0.4 is 0 Å². The average molecular weight is 429 g/mol. The molecule has 2 aliphatic carbocycles. The summed E-state index contributed by atoms with van der Waals surface area (Å²) in [7, 11) is 0. The Bertz CT molecular complexity index is 702. The lowest BCUT2D eigenvalue weighted by Crippen LogP contribution is -2.14. The van der Waals surface area contributed by atoms with E-state index in [-0.39, 0.29) is 5.56 Å². The Morgan fingerprint density at radius 3 is 1.87 bits per heavy atom. The third kappa shape index (κ3) is 7.34. The Labute approximate surface area is 189 Å². The fraction of sp³-hybridized carbons (Fsp3) is 0.724. The zero-order valence-corrected chi connectivity index (χ0v) is 19.8. The van der Waals surface area contributed by atoms with Crippen molar-refractivity contribution in [1.82, 2.24) is 0 Å². The van der Waals surface area contributed by atoms with Gasteiger partial charge in [0.2, 0.25) is 0 Å². The summed E-state index contributed by atoms with van der Waals surface area (Å²) in [6.07, 6.45) is 18.2. The molecule has 0 spiro atoms. The predicted molar refractivity (Wildman–Crippen MR) is 127 cm³/mol. The summed E-state index contributed by atoms with van der Waals surface area (Å²) in [6, 6.07) is 3.13. The van der Waals surface area contributed by atoms with E-state index in [9.17, 15) is 8.78 Å². The highest BCUT2D eigenvalue weighted by molar-refractivity contribution is 5.40. The lowest BCUT2D eigenvalue weighted by molar-refractivity contribution is 0.296. The summed E-state index contributed by atoms with van der Waals surface area (Å²) in [5, 5.41) is 0. The Balaban J connectivity index is 1.54. The van der Waals surface area contributed by atoms with Crippen molar-refractivity contribution < 1.29 is 8.78 Å². The zero-order valence-electron chi connectivity index (χ0n) is 19.8. The standard InChI is InChI=1S/C29H42F2/c1-3-5-7-9-23-14-17-25(18-15-23)26-20-28(30)27(29(31)21-26)19-16-24-12-10-22(11-13-24)8-6-4-2/h20-25H,3-15,17-18H2,1-2H3. The molecule has 1 aromatic rings. The van der Waals surface area contributed by atoms with Gasteiger partial charge < -0.3 is 0 Å². The molecular formula is C29H42F2. The molecule has 0 radical (unpaired) electrons. The number of unbranched alkanes of at least 4 members (excludes halogenated alkanes) is 3. The highest BCUT2D eigenvalue weighted by atomic mass is 19.1. The SMILES string of the molecule is CCCCCC1CCC(c2cc(F)c(C#CC3CCC(CCCC)CC3)c(F)c2)CC1. The second-order valence-electron chi connectivity index (χ2n) is 10.2. The van der Waals surface area contributed by atoms with E-state index in [4.69, 9.17) is 0 Å². The van der Waals surface area contributed by atoms with E-state index in [0.29, 0.717) is 11.8 Å². The van der Waals surface area contributed by atoms with Gasteiger partial charge in [0.25, 0.3) is 0 Å². The first-order valence-electron chi connectivity index (χ1n) is 13.1. The number of hydrogen-bond donors (Lipinski definition) is 0. The predicted octanol–water partition coefficient (Wildman–Crippen LogP) is 9.17. The summed E-state index contributed by atoms with van der Waals surface area (Å²) in [5.74, 6) is 7.35. The van der Waals surface area contributed by atoms with Gasteiger partial charge in [0, 0.05) is 5.92 Å². The Hall–Kier alpha value is -1.36. The normalized spacial score (nSPS) is 26.3. The van der Waals surface area contributed by atoms with Gasteiger partial charge in [0.1, 0.15) is 11.6 Å². The second-order valence-corrected chi connectivity index (χ2v) is 10.2. The summed E-state index contributed by atoms with van der Waals surface area (Å²) >= 11 is 0. The number of halogens is 2.